The molecule has 1 nitrogen and oxygen atoms in total. The van der Waals surface area contributed by atoms with Gasteiger partial charge in [-0.05, 0) is 31.4 Å². The van der Waals surface area contributed by atoms with E-state index in [1.165, 1.54) is 70.6 Å². The number of halogens is 1. The van der Waals surface area contributed by atoms with Gasteiger partial charge in [0.1, 0.15) is 0 Å². The first-order chi connectivity index (χ1) is 10.9. The number of rotatable bonds is 17. The van der Waals surface area contributed by atoms with Gasteiger partial charge in [0, 0.05) is 12.5 Å². The van der Waals surface area contributed by atoms with Crippen LogP contribution in [0.2, 0.25) is 0 Å². The van der Waals surface area contributed by atoms with Crippen molar-refractivity contribution in [1.82, 2.24) is 0 Å². The fourth-order valence-electron chi connectivity index (χ4n) is 2.42. The van der Waals surface area contributed by atoms with E-state index < -0.39 is 0 Å². The minimum Gasteiger partial charge on any atom is -0.381 e. The highest BCUT2D eigenvalue weighted by Crippen LogP contribution is 2.11. The van der Waals surface area contributed by atoms with Crippen molar-refractivity contribution in [2.24, 2.45) is 0 Å². The molecule has 0 aliphatic heterocycles. The summed E-state index contributed by atoms with van der Waals surface area (Å²) in [4.78, 5) is 0. The first-order valence-electron chi connectivity index (χ1n) is 9.45. The molecular formula is C20H37ClO. The van der Waals surface area contributed by atoms with Gasteiger partial charge in [0.2, 0.25) is 0 Å². The fourth-order valence-corrected chi connectivity index (χ4v) is 2.53. The number of unbranched alkanes of at least 4 members (excludes halogenated alkanes) is 10. The lowest BCUT2D eigenvalue weighted by molar-refractivity contribution is 0.134. The summed E-state index contributed by atoms with van der Waals surface area (Å²) in [6.45, 7) is 4.01. The predicted octanol–water partition coefficient (Wildman–Crippen LogP) is 7.04. The molecular weight excluding hydrogens is 292 g/mol. The third-order valence-electron chi connectivity index (χ3n) is 3.79. The molecule has 0 unspecified atom stereocenters. The van der Waals surface area contributed by atoms with E-state index in [2.05, 4.69) is 12.7 Å². The van der Waals surface area contributed by atoms with Crippen LogP contribution in [0.1, 0.15) is 90.4 Å². The molecule has 0 fully saturated rings. The van der Waals surface area contributed by atoms with Crippen molar-refractivity contribution in [2.75, 3.05) is 19.1 Å². The molecule has 0 aliphatic rings. The van der Waals surface area contributed by atoms with Crippen LogP contribution in [0, 0.1) is 0 Å². The molecule has 0 radical (unpaired) electrons. The minimum absolute atomic E-state index is 0.677. The lowest BCUT2D eigenvalue weighted by Gasteiger charge is -2.03. The summed E-state index contributed by atoms with van der Waals surface area (Å²) in [7, 11) is 0. The highest BCUT2D eigenvalue weighted by atomic mass is 35.5. The van der Waals surface area contributed by atoms with E-state index >= 15 is 0 Å². The van der Waals surface area contributed by atoms with Crippen LogP contribution in [0.3, 0.4) is 0 Å². The van der Waals surface area contributed by atoms with E-state index in [1.54, 1.807) is 0 Å². The third kappa shape index (κ3) is 19.8. The Morgan fingerprint density at radius 2 is 1.27 bits per heavy atom. The molecule has 0 rings (SSSR count). The first-order valence-corrected chi connectivity index (χ1v) is 9.98. The van der Waals surface area contributed by atoms with Gasteiger partial charge in [-0.1, -0.05) is 71.1 Å². The van der Waals surface area contributed by atoms with E-state index in [4.69, 9.17) is 16.3 Å². The van der Waals surface area contributed by atoms with E-state index in [1.807, 2.05) is 12.2 Å². The zero-order chi connectivity index (χ0) is 16.1. The molecule has 0 N–H and O–H groups in total. The zero-order valence-electron chi connectivity index (χ0n) is 14.8. The van der Waals surface area contributed by atoms with Crippen LogP contribution in [0.5, 0.6) is 0 Å². The molecule has 130 valence electrons. The Hall–Kier alpha value is -0.230. The summed E-state index contributed by atoms with van der Waals surface area (Å²) >= 11 is 5.57. The molecule has 22 heavy (non-hydrogen) atoms. The standard InChI is InChI=1S/C20H37ClO/c1-2-3-4-5-6-7-8-9-10-13-16-19-22-20-17-14-11-12-15-18-21/h12,14H,2-10,13,15-20H2,1H3. The zero-order valence-corrected chi connectivity index (χ0v) is 15.5. The van der Waals surface area contributed by atoms with Gasteiger partial charge in [-0.15, -0.1) is 17.3 Å². The molecule has 2 heteroatoms. The molecule has 0 saturated carbocycles. The topological polar surface area (TPSA) is 9.23 Å². The van der Waals surface area contributed by atoms with E-state index in [9.17, 15) is 0 Å². The average molecular weight is 329 g/mol. The van der Waals surface area contributed by atoms with Gasteiger partial charge >= 0.3 is 0 Å². The molecule has 0 aromatic heterocycles. The van der Waals surface area contributed by atoms with Crippen LogP contribution in [0.15, 0.2) is 17.9 Å². The van der Waals surface area contributed by atoms with Gasteiger partial charge < -0.3 is 4.74 Å². The van der Waals surface area contributed by atoms with Crippen molar-refractivity contribution in [3.63, 3.8) is 0 Å². The Bertz CT molecular complexity index is 256. The molecule has 0 heterocycles. The maximum Gasteiger partial charge on any atom is 0.0506 e. The first kappa shape index (κ1) is 21.8. The van der Waals surface area contributed by atoms with Gasteiger partial charge in [0.05, 0.1) is 6.61 Å². The van der Waals surface area contributed by atoms with Crippen LogP contribution >= 0.6 is 11.6 Å². The van der Waals surface area contributed by atoms with E-state index in [0.29, 0.717) is 5.88 Å². The smallest absolute Gasteiger partial charge is 0.0506 e. The lowest BCUT2D eigenvalue weighted by Crippen LogP contribution is -1.95. The summed E-state index contributed by atoms with van der Waals surface area (Å²) in [6.07, 6.45) is 21.1. The second-order valence-electron chi connectivity index (χ2n) is 5.99. The molecule has 0 saturated heterocycles. The number of hydrogen-bond donors (Lipinski definition) is 0. The summed E-state index contributed by atoms with van der Waals surface area (Å²) in [5, 5.41) is 0. The highest BCUT2D eigenvalue weighted by molar-refractivity contribution is 6.17. The van der Waals surface area contributed by atoms with E-state index in [0.717, 1.165) is 26.1 Å². The van der Waals surface area contributed by atoms with Crippen molar-refractivity contribution >= 4 is 11.6 Å². The van der Waals surface area contributed by atoms with Gasteiger partial charge in [-0.25, -0.2) is 0 Å². The molecule has 0 bridgehead atoms. The monoisotopic (exact) mass is 328 g/mol. The largest absolute Gasteiger partial charge is 0.381 e. The van der Waals surface area contributed by atoms with E-state index in [-0.39, 0.29) is 0 Å². The molecule has 0 aromatic rings. The van der Waals surface area contributed by atoms with Gasteiger partial charge in [-0.2, -0.15) is 0 Å². The lowest BCUT2D eigenvalue weighted by atomic mass is 10.1. The van der Waals surface area contributed by atoms with Crippen molar-refractivity contribution in [3.05, 3.63) is 17.9 Å². The van der Waals surface area contributed by atoms with Crippen LogP contribution in [-0.2, 0) is 4.74 Å². The molecule has 0 amide bonds. The Kier molecular flexibility index (Phi) is 20.6. The maximum absolute atomic E-state index is 5.61. The van der Waals surface area contributed by atoms with Crippen LogP contribution in [0.25, 0.3) is 0 Å². The Labute approximate surface area is 144 Å². The summed E-state index contributed by atoms with van der Waals surface area (Å²) in [5.41, 5.74) is 3.12. The third-order valence-corrected chi connectivity index (χ3v) is 4.01. The van der Waals surface area contributed by atoms with Crippen molar-refractivity contribution in [2.45, 2.75) is 90.4 Å². The van der Waals surface area contributed by atoms with Gasteiger partial charge in [0.25, 0.3) is 0 Å². The minimum atomic E-state index is 0.677. The molecule has 0 atom stereocenters. The van der Waals surface area contributed by atoms with Gasteiger partial charge in [-0.3, -0.25) is 0 Å². The fraction of sp³-hybridized carbons (Fsp3) is 0.850. The summed E-state index contributed by atoms with van der Waals surface area (Å²) in [5.74, 6) is 0.677. The second kappa shape index (κ2) is 20.8. The van der Waals surface area contributed by atoms with Crippen LogP contribution < -0.4 is 0 Å². The SMILES string of the molecule is CCCCCCCCCCCCCOCCC=C=CCCCl. The maximum atomic E-state index is 5.61. The Balaban J connectivity index is 3.04. The summed E-state index contributed by atoms with van der Waals surface area (Å²) < 4.78 is 5.61. The molecule has 0 aromatic carbocycles. The van der Waals surface area contributed by atoms with Crippen molar-refractivity contribution in [3.8, 4) is 0 Å². The average Bonchev–Trinajstić information content (AvgIpc) is 2.54. The summed E-state index contributed by atoms with van der Waals surface area (Å²) in [6, 6.07) is 0. The molecule has 0 spiro atoms. The van der Waals surface area contributed by atoms with Gasteiger partial charge in [0.15, 0.2) is 0 Å². The number of alkyl halides is 1. The quantitative estimate of drug-likeness (QED) is 0.158. The highest BCUT2D eigenvalue weighted by Gasteiger charge is 1.93. The Morgan fingerprint density at radius 3 is 1.86 bits per heavy atom. The van der Waals surface area contributed by atoms with Crippen LogP contribution in [0.4, 0.5) is 0 Å². The van der Waals surface area contributed by atoms with Crippen molar-refractivity contribution < 1.29 is 4.74 Å². The predicted molar refractivity (Wildman–Crippen MR) is 99.9 cm³/mol. The number of hydrogen-bond acceptors (Lipinski definition) is 1. The van der Waals surface area contributed by atoms with Crippen LogP contribution in [-0.4, -0.2) is 19.1 Å². The Morgan fingerprint density at radius 1 is 0.727 bits per heavy atom. The number of ether oxygens (including phenoxy) is 1. The second-order valence-corrected chi connectivity index (χ2v) is 6.37. The van der Waals surface area contributed by atoms with Crippen molar-refractivity contribution in [1.29, 1.82) is 0 Å². The molecule has 0 aliphatic carbocycles. The normalized spacial score (nSPS) is 10.5.